The molecule has 34 heavy (non-hydrogen) atoms. The monoisotopic (exact) mass is 499 g/mol. The van der Waals surface area contributed by atoms with E-state index >= 15 is 0 Å². The number of nitrogens with one attached hydrogen (secondary N) is 1. The van der Waals surface area contributed by atoms with Crippen molar-refractivity contribution in [2.45, 2.75) is 18.7 Å². The summed E-state index contributed by atoms with van der Waals surface area (Å²) in [4.78, 5) is 23.9. The zero-order chi connectivity index (χ0) is 24.9. The Morgan fingerprint density at radius 1 is 1.03 bits per heavy atom. The molecule has 1 amide bonds. The summed E-state index contributed by atoms with van der Waals surface area (Å²) in [5.74, 6) is -1.84. The molecule has 0 unspecified atom stereocenters. The van der Waals surface area contributed by atoms with Crippen LogP contribution in [0, 0.1) is 13.8 Å². The molecule has 3 rings (SSSR count). The minimum absolute atomic E-state index is 0.0163. The molecule has 0 spiro atoms. The van der Waals surface area contributed by atoms with Crippen molar-refractivity contribution in [2.24, 2.45) is 5.10 Å². The Kier molecular flexibility index (Phi) is 7.70. The number of carboxylic acid groups (broad SMARTS) is 1. The number of hydrogen-bond acceptors (Lipinski definition) is 5. The smallest absolute Gasteiger partial charge is 0.336 e. The maximum atomic E-state index is 13.4. The van der Waals surface area contributed by atoms with Gasteiger partial charge in [0.2, 0.25) is 0 Å². The summed E-state index contributed by atoms with van der Waals surface area (Å²) >= 11 is 5.89. The first-order valence-electron chi connectivity index (χ1n) is 10.1. The number of aromatic carboxylic acids is 1. The molecule has 3 aromatic carbocycles. The molecule has 3 aromatic rings. The average molecular weight is 500 g/mol. The van der Waals surface area contributed by atoms with Crippen LogP contribution in [0.25, 0.3) is 0 Å². The van der Waals surface area contributed by atoms with Gasteiger partial charge in [0, 0.05) is 10.6 Å². The second-order valence-corrected chi connectivity index (χ2v) is 9.72. The molecule has 176 valence electrons. The highest BCUT2D eigenvalue weighted by atomic mass is 35.5. The van der Waals surface area contributed by atoms with Crippen LogP contribution in [-0.2, 0) is 14.8 Å². The SMILES string of the molecule is Cc1ccc(N(CC(=O)N/N=C\c2ccccc2C(=O)O)S(=O)(=O)c2ccc(Cl)cc2)cc1C. The van der Waals surface area contributed by atoms with Crippen LogP contribution >= 0.6 is 11.6 Å². The maximum Gasteiger partial charge on any atom is 0.336 e. The Morgan fingerprint density at radius 2 is 1.71 bits per heavy atom. The number of sulfonamides is 1. The van der Waals surface area contributed by atoms with Crippen LogP contribution in [-0.4, -0.2) is 38.2 Å². The number of carbonyl (C=O) groups excluding carboxylic acids is 1. The van der Waals surface area contributed by atoms with Crippen LogP contribution in [0.15, 0.2) is 76.7 Å². The van der Waals surface area contributed by atoms with Crippen LogP contribution < -0.4 is 9.73 Å². The van der Waals surface area contributed by atoms with Gasteiger partial charge in [0.05, 0.1) is 22.4 Å². The van der Waals surface area contributed by atoms with Crippen LogP contribution in [0.5, 0.6) is 0 Å². The van der Waals surface area contributed by atoms with E-state index < -0.39 is 28.4 Å². The van der Waals surface area contributed by atoms with Crippen LogP contribution in [0.1, 0.15) is 27.0 Å². The van der Waals surface area contributed by atoms with Gasteiger partial charge in [-0.05, 0) is 67.4 Å². The van der Waals surface area contributed by atoms with Gasteiger partial charge in [-0.15, -0.1) is 0 Å². The fraction of sp³-hybridized carbons (Fsp3) is 0.125. The molecule has 0 fully saturated rings. The number of carboxylic acids is 1. The quantitative estimate of drug-likeness (QED) is 0.359. The largest absolute Gasteiger partial charge is 0.478 e. The summed E-state index contributed by atoms with van der Waals surface area (Å²) in [6.45, 7) is 3.19. The van der Waals surface area contributed by atoms with Crippen LogP contribution in [0.4, 0.5) is 5.69 Å². The van der Waals surface area contributed by atoms with Crippen molar-refractivity contribution in [3.63, 3.8) is 0 Å². The van der Waals surface area contributed by atoms with E-state index in [2.05, 4.69) is 10.5 Å². The first-order chi connectivity index (χ1) is 16.1. The van der Waals surface area contributed by atoms with E-state index in [1.807, 2.05) is 13.8 Å². The van der Waals surface area contributed by atoms with E-state index in [9.17, 15) is 23.1 Å². The lowest BCUT2D eigenvalue weighted by Crippen LogP contribution is -2.39. The highest BCUT2D eigenvalue weighted by Crippen LogP contribution is 2.26. The van der Waals surface area contributed by atoms with Crippen molar-refractivity contribution in [2.75, 3.05) is 10.8 Å². The lowest BCUT2D eigenvalue weighted by Gasteiger charge is -2.24. The Balaban J connectivity index is 1.88. The zero-order valence-corrected chi connectivity index (χ0v) is 20.0. The molecule has 0 aliphatic rings. The summed E-state index contributed by atoms with van der Waals surface area (Å²) < 4.78 is 27.8. The number of hydrogen-bond donors (Lipinski definition) is 2. The van der Waals surface area contributed by atoms with E-state index in [-0.39, 0.29) is 16.0 Å². The Labute approximate surface area is 202 Å². The van der Waals surface area contributed by atoms with Gasteiger partial charge < -0.3 is 5.11 Å². The van der Waals surface area contributed by atoms with Crippen molar-refractivity contribution >= 4 is 45.4 Å². The Bertz CT molecular complexity index is 1360. The first-order valence-corrected chi connectivity index (χ1v) is 11.9. The molecule has 0 atom stereocenters. The summed E-state index contributed by atoms with van der Waals surface area (Å²) in [6, 6.07) is 16.9. The summed E-state index contributed by atoms with van der Waals surface area (Å²) in [6.07, 6.45) is 1.19. The molecular formula is C24H22ClN3O5S. The molecular weight excluding hydrogens is 478 g/mol. The number of carbonyl (C=O) groups is 2. The number of hydrazone groups is 1. The first kappa shape index (κ1) is 24.9. The minimum atomic E-state index is -4.11. The average Bonchev–Trinajstić information content (AvgIpc) is 2.80. The third-order valence-electron chi connectivity index (χ3n) is 5.05. The summed E-state index contributed by atoms with van der Waals surface area (Å²) in [5.41, 5.74) is 4.71. The molecule has 0 aliphatic heterocycles. The van der Waals surface area contributed by atoms with Crippen molar-refractivity contribution in [1.82, 2.24) is 5.43 Å². The van der Waals surface area contributed by atoms with Crippen molar-refractivity contribution < 1.29 is 23.1 Å². The zero-order valence-electron chi connectivity index (χ0n) is 18.4. The summed E-state index contributed by atoms with van der Waals surface area (Å²) in [5, 5.41) is 13.4. The van der Waals surface area contributed by atoms with Gasteiger partial charge in [-0.2, -0.15) is 5.10 Å². The number of benzene rings is 3. The predicted molar refractivity (Wildman–Crippen MR) is 131 cm³/mol. The number of rotatable bonds is 8. The number of anilines is 1. The third kappa shape index (κ3) is 5.81. The second kappa shape index (κ2) is 10.5. The molecule has 2 N–H and O–H groups in total. The highest BCUT2D eigenvalue weighted by molar-refractivity contribution is 7.92. The fourth-order valence-corrected chi connectivity index (χ4v) is 4.61. The van der Waals surface area contributed by atoms with Crippen molar-refractivity contribution in [1.29, 1.82) is 0 Å². The minimum Gasteiger partial charge on any atom is -0.478 e. The standard InChI is InChI=1S/C24H22ClN3O5S/c1-16-7-10-20(13-17(16)2)28(34(32,33)21-11-8-19(25)9-12-21)15-23(29)27-26-14-18-5-3-4-6-22(18)24(30)31/h3-14H,15H2,1-2H3,(H,27,29)(H,30,31)/b26-14-. The Hall–Kier alpha value is -3.69. The Morgan fingerprint density at radius 3 is 2.35 bits per heavy atom. The van der Waals surface area contributed by atoms with Gasteiger partial charge >= 0.3 is 5.97 Å². The van der Waals surface area contributed by atoms with Gasteiger partial charge in [-0.25, -0.2) is 18.6 Å². The van der Waals surface area contributed by atoms with Crippen molar-refractivity contribution in [3.05, 3.63) is 94.0 Å². The molecule has 10 heteroatoms. The van der Waals surface area contributed by atoms with E-state index in [0.29, 0.717) is 10.7 Å². The number of halogens is 1. The van der Waals surface area contributed by atoms with Gasteiger partial charge in [0.15, 0.2) is 0 Å². The number of amides is 1. The van der Waals surface area contributed by atoms with Gasteiger partial charge in [0.1, 0.15) is 6.54 Å². The van der Waals surface area contributed by atoms with Crippen molar-refractivity contribution in [3.8, 4) is 0 Å². The summed E-state index contributed by atoms with van der Waals surface area (Å²) in [7, 11) is -4.11. The molecule has 0 saturated heterocycles. The van der Waals surface area contributed by atoms with E-state index in [4.69, 9.17) is 11.6 Å². The van der Waals surface area contributed by atoms with E-state index in [1.54, 1.807) is 30.3 Å². The lowest BCUT2D eigenvalue weighted by molar-refractivity contribution is -0.119. The van der Waals surface area contributed by atoms with Gasteiger partial charge in [-0.3, -0.25) is 9.10 Å². The molecule has 0 aromatic heterocycles. The predicted octanol–water partition coefficient (Wildman–Crippen LogP) is 4.00. The molecule has 0 aliphatic carbocycles. The second-order valence-electron chi connectivity index (χ2n) is 7.42. The molecule has 0 bridgehead atoms. The van der Waals surface area contributed by atoms with Crippen LogP contribution in [0.2, 0.25) is 5.02 Å². The van der Waals surface area contributed by atoms with Gasteiger partial charge in [0.25, 0.3) is 15.9 Å². The molecule has 0 heterocycles. The highest BCUT2D eigenvalue weighted by Gasteiger charge is 2.27. The maximum absolute atomic E-state index is 13.4. The topological polar surface area (TPSA) is 116 Å². The van der Waals surface area contributed by atoms with E-state index in [0.717, 1.165) is 15.4 Å². The number of nitrogens with zero attached hydrogens (tertiary/aromatic N) is 2. The van der Waals surface area contributed by atoms with Crippen LogP contribution in [0.3, 0.4) is 0 Å². The fourth-order valence-electron chi connectivity index (χ4n) is 3.07. The lowest BCUT2D eigenvalue weighted by atomic mass is 10.1. The number of aryl methyl sites for hydroxylation is 2. The van der Waals surface area contributed by atoms with Gasteiger partial charge in [-0.1, -0.05) is 35.9 Å². The molecule has 8 nitrogen and oxygen atoms in total. The molecule has 0 radical (unpaired) electrons. The molecule has 0 saturated carbocycles. The third-order valence-corrected chi connectivity index (χ3v) is 7.09. The normalized spacial score (nSPS) is 11.4. The van der Waals surface area contributed by atoms with E-state index in [1.165, 1.54) is 42.6 Å².